The van der Waals surface area contributed by atoms with E-state index < -0.39 is 14.9 Å². The number of hydrogen-bond acceptors (Lipinski definition) is 5. The molecule has 0 radical (unpaired) electrons. The smallest absolute Gasteiger partial charge is 0.293 e. The Bertz CT molecular complexity index is 770. The monoisotopic (exact) mass is 397 g/mol. The van der Waals surface area contributed by atoms with Gasteiger partial charge in [-0.05, 0) is 31.4 Å². The Balaban J connectivity index is 1.76. The molecule has 27 heavy (non-hydrogen) atoms. The fourth-order valence-electron chi connectivity index (χ4n) is 4.02. The van der Waals surface area contributed by atoms with Crippen LogP contribution in [0.15, 0.2) is 23.1 Å². The molecule has 2 saturated heterocycles. The van der Waals surface area contributed by atoms with Crippen molar-refractivity contribution in [1.82, 2.24) is 4.31 Å². The number of sulfonamides is 1. The van der Waals surface area contributed by atoms with Crippen molar-refractivity contribution in [2.45, 2.75) is 50.0 Å². The third-order valence-electron chi connectivity index (χ3n) is 5.52. The second-order valence-corrected chi connectivity index (χ2v) is 9.40. The van der Waals surface area contributed by atoms with Gasteiger partial charge in [-0.15, -0.1) is 0 Å². The molecule has 9 heteroatoms. The third-order valence-corrected chi connectivity index (χ3v) is 7.42. The molecule has 1 aromatic carbocycles. The second kappa shape index (κ2) is 8.53. The van der Waals surface area contributed by atoms with Gasteiger partial charge in [0.2, 0.25) is 10.0 Å². The number of nitro groups is 1. The van der Waals surface area contributed by atoms with E-state index in [4.69, 9.17) is 0 Å². The number of rotatable bonds is 7. The van der Waals surface area contributed by atoms with E-state index in [0.29, 0.717) is 18.8 Å². The maximum Gasteiger partial charge on any atom is 0.293 e. The first-order valence-electron chi connectivity index (χ1n) is 9.80. The van der Waals surface area contributed by atoms with E-state index in [1.807, 2.05) is 0 Å². The van der Waals surface area contributed by atoms with E-state index in [9.17, 15) is 18.5 Å². The van der Waals surface area contributed by atoms with E-state index in [0.717, 1.165) is 51.7 Å². The summed E-state index contributed by atoms with van der Waals surface area (Å²) in [5, 5.41) is 14.8. The normalized spacial score (nSPS) is 24.0. The molecule has 0 atom stereocenters. The second-order valence-electron chi connectivity index (χ2n) is 7.47. The molecule has 2 N–H and O–H groups in total. The molecule has 0 amide bonds. The Labute approximate surface area is 160 Å². The highest BCUT2D eigenvalue weighted by Crippen LogP contribution is 2.31. The molecule has 0 aliphatic carbocycles. The van der Waals surface area contributed by atoms with E-state index in [1.54, 1.807) is 11.0 Å². The lowest BCUT2D eigenvalue weighted by Gasteiger charge is -2.30. The number of likely N-dealkylation sites (tertiary alicyclic amines) is 1. The lowest BCUT2D eigenvalue weighted by Crippen LogP contribution is -3.13. The number of anilines is 1. The summed E-state index contributed by atoms with van der Waals surface area (Å²) in [6, 6.07) is 4.42. The number of quaternary nitrogens is 1. The van der Waals surface area contributed by atoms with Crippen LogP contribution in [0.2, 0.25) is 0 Å². The van der Waals surface area contributed by atoms with Crippen molar-refractivity contribution in [3.63, 3.8) is 0 Å². The maximum absolute atomic E-state index is 12.7. The van der Waals surface area contributed by atoms with Crippen LogP contribution in [-0.2, 0) is 10.0 Å². The predicted molar refractivity (Wildman–Crippen MR) is 104 cm³/mol. The molecule has 0 aromatic heterocycles. The van der Waals surface area contributed by atoms with Gasteiger partial charge in [0, 0.05) is 38.0 Å². The number of piperidine rings is 1. The quantitative estimate of drug-likeness (QED) is 0.533. The van der Waals surface area contributed by atoms with Gasteiger partial charge in [0.05, 0.1) is 29.5 Å². The van der Waals surface area contributed by atoms with Crippen molar-refractivity contribution in [1.29, 1.82) is 0 Å². The molecule has 8 nitrogen and oxygen atoms in total. The summed E-state index contributed by atoms with van der Waals surface area (Å²) in [6.45, 7) is 6.42. The Morgan fingerprint density at radius 3 is 2.52 bits per heavy atom. The molecule has 2 fully saturated rings. The van der Waals surface area contributed by atoms with Crippen LogP contribution in [-0.4, -0.2) is 56.4 Å². The Hall–Kier alpha value is -1.71. The number of benzene rings is 1. The average molecular weight is 398 g/mol. The number of nitrogens with zero attached hydrogens (tertiary/aromatic N) is 2. The number of nitrogens with one attached hydrogen (secondary N) is 2. The summed E-state index contributed by atoms with van der Waals surface area (Å²) in [4.78, 5) is 12.6. The molecule has 3 rings (SSSR count). The van der Waals surface area contributed by atoms with Crippen molar-refractivity contribution in [3.8, 4) is 0 Å². The molecule has 150 valence electrons. The van der Waals surface area contributed by atoms with Crippen LogP contribution in [0.25, 0.3) is 0 Å². The van der Waals surface area contributed by atoms with Gasteiger partial charge in [0.15, 0.2) is 0 Å². The maximum atomic E-state index is 12.7. The van der Waals surface area contributed by atoms with Gasteiger partial charge in [-0.3, -0.25) is 10.1 Å². The van der Waals surface area contributed by atoms with Gasteiger partial charge in [-0.1, -0.05) is 6.92 Å². The standard InChI is InChI=1S/C18H28N4O4S/c1-2-9-20-12-7-15(8-13-20)19-17-6-5-16(14-18(17)22(23)24)27(25,26)21-10-3-4-11-21/h5-6,14-15,19H,2-4,7-13H2,1H3/p+1. The lowest BCUT2D eigenvalue weighted by atomic mass is 10.0. The molecule has 0 bridgehead atoms. The largest absolute Gasteiger partial charge is 0.376 e. The summed E-state index contributed by atoms with van der Waals surface area (Å²) in [5.74, 6) is 0. The van der Waals surface area contributed by atoms with Crippen LogP contribution in [0.1, 0.15) is 39.0 Å². The minimum atomic E-state index is -3.66. The van der Waals surface area contributed by atoms with Gasteiger partial charge >= 0.3 is 0 Å². The molecule has 2 aliphatic heterocycles. The van der Waals surface area contributed by atoms with E-state index in [1.165, 1.54) is 16.4 Å². The fraction of sp³-hybridized carbons (Fsp3) is 0.667. The summed E-state index contributed by atoms with van der Waals surface area (Å²) in [7, 11) is -3.66. The molecule has 0 spiro atoms. The van der Waals surface area contributed by atoms with Gasteiger partial charge in [-0.2, -0.15) is 4.31 Å². The third kappa shape index (κ3) is 4.59. The molecule has 0 unspecified atom stereocenters. The topological polar surface area (TPSA) is 97.0 Å². The number of nitro benzene ring substituents is 1. The van der Waals surface area contributed by atoms with E-state index >= 15 is 0 Å². The molecular formula is C18H29N4O4S+. The van der Waals surface area contributed by atoms with Gasteiger partial charge in [0.25, 0.3) is 5.69 Å². The molecular weight excluding hydrogens is 368 g/mol. The molecule has 0 saturated carbocycles. The summed E-state index contributed by atoms with van der Waals surface area (Å²) >= 11 is 0. The SMILES string of the molecule is CCC[NH+]1CCC(Nc2ccc(S(=O)(=O)N3CCCC3)cc2[N+](=O)[O-])CC1. The highest BCUT2D eigenvalue weighted by molar-refractivity contribution is 7.89. The van der Waals surface area contributed by atoms with E-state index in [-0.39, 0.29) is 16.6 Å². The Morgan fingerprint density at radius 2 is 1.93 bits per heavy atom. The van der Waals surface area contributed by atoms with Crippen LogP contribution in [0, 0.1) is 10.1 Å². The van der Waals surface area contributed by atoms with Gasteiger partial charge in [-0.25, -0.2) is 8.42 Å². The van der Waals surface area contributed by atoms with Crippen molar-refractivity contribution in [2.75, 3.05) is 38.0 Å². The van der Waals surface area contributed by atoms with Crippen LogP contribution in [0.4, 0.5) is 11.4 Å². The number of hydrogen-bond donors (Lipinski definition) is 2. The van der Waals surface area contributed by atoms with Crippen LogP contribution < -0.4 is 10.2 Å². The molecule has 2 aliphatic rings. The summed E-state index contributed by atoms with van der Waals surface area (Å²) < 4.78 is 26.8. The van der Waals surface area contributed by atoms with Crippen LogP contribution in [0.3, 0.4) is 0 Å². The first kappa shape index (κ1) is 20.0. The predicted octanol–water partition coefficient (Wildman–Crippen LogP) is 1.25. The molecule has 1 aromatic rings. The first-order chi connectivity index (χ1) is 12.9. The highest BCUT2D eigenvalue weighted by Gasteiger charge is 2.30. The zero-order chi connectivity index (χ0) is 19.4. The molecule has 2 heterocycles. The summed E-state index contributed by atoms with van der Waals surface area (Å²) in [5.41, 5.74) is 0.239. The van der Waals surface area contributed by atoms with Gasteiger partial charge in [0.1, 0.15) is 5.69 Å². The van der Waals surface area contributed by atoms with E-state index in [2.05, 4.69) is 12.2 Å². The van der Waals surface area contributed by atoms with Crippen molar-refractivity contribution < 1.29 is 18.2 Å². The van der Waals surface area contributed by atoms with Crippen molar-refractivity contribution in [2.24, 2.45) is 0 Å². The minimum absolute atomic E-state index is 0.00357. The average Bonchev–Trinajstić information content (AvgIpc) is 3.19. The summed E-state index contributed by atoms with van der Waals surface area (Å²) in [6.07, 6.45) is 4.74. The fourth-order valence-corrected chi connectivity index (χ4v) is 5.55. The van der Waals surface area contributed by atoms with Crippen LogP contribution >= 0.6 is 0 Å². The van der Waals surface area contributed by atoms with Gasteiger partial charge < -0.3 is 10.2 Å². The minimum Gasteiger partial charge on any atom is -0.376 e. The van der Waals surface area contributed by atoms with Crippen molar-refractivity contribution in [3.05, 3.63) is 28.3 Å². The highest BCUT2D eigenvalue weighted by atomic mass is 32.2. The van der Waals surface area contributed by atoms with Crippen molar-refractivity contribution >= 4 is 21.4 Å². The lowest BCUT2D eigenvalue weighted by molar-refractivity contribution is -0.905. The van der Waals surface area contributed by atoms with Crippen LogP contribution in [0.5, 0.6) is 0 Å². The Kier molecular flexibility index (Phi) is 6.33. The zero-order valence-electron chi connectivity index (χ0n) is 15.8. The zero-order valence-corrected chi connectivity index (χ0v) is 16.6. The first-order valence-corrected chi connectivity index (χ1v) is 11.2. The Morgan fingerprint density at radius 1 is 1.26 bits per heavy atom.